The Labute approximate surface area is 258 Å². The van der Waals surface area contributed by atoms with Crippen molar-refractivity contribution >= 4 is 29.5 Å². The fourth-order valence-electron chi connectivity index (χ4n) is 4.62. The number of hydrogen-bond donors (Lipinski definition) is 4. The van der Waals surface area contributed by atoms with E-state index in [1.165, 1.54) is 64.7 Å². The number of carboxylic acid groups (broad SMARTS) is 2. The number of unbranched alkanes of at least 4 members (excludes halogenated alkanes) is 15. The van der Waals surface area contributed by atoms with E-state index in [9.17, 15) is 29.1 Å². The normalized spacial score (nSPS) is 11.7. The number of aliphatic carboxylic acids is 2. The van der Waals surface area contributed by atoms with Crippen LogP contribution >= 0.6 is 0 Å². The molecule has 0 spiro atoms. The van der Waals surface area contributed by atoms with Gasteiger partial charge in [0.05, 0.1) is 19.8 Å². The first-order valence-corrected chi connectivity index (χ1v) is 16.4. The maximum absolute atomic E-state index is 12.2. The molecule has 0 saturated carbocycles. The minimum Gasteiger partial charge on any atom is -0.481 e. The van der Waals surface area contributed by atoms with Gasteiger partial charge in [0, 0.05) is 25.8 Å². The summed E-state index contributed by atoms with van der Waals surface area (Å²) in [6.45, 7) is 2.63. The van der Waals surface area contributed by atoms with Gasteiger partial charge in [-0.05, 0) is 26.2 Å². The van der Waals surface area contributed by atoms with Gasteiger partial charge in [-0.1, -0.05) is 89.9 Å². The number of ketones is 1. The van der Waals surface area contributed by atoms with Gasteiger partial charge in [-0.3, -0.25) is 19.2 Å². The Morgan fingerprint density at radius 2 is 1.05 bits per heavy atom. The number of nitrogens with one attached hydrogen (secondary N) is 2. The Balaban J connectivity index is 3.61. The van der Waals surface area contributed by atoms with Gasteiger partial charge in [0.2, 0.25) is 11.8 Å². The second-order valence-corrected chi connectivity index (χ2v) is 11.3. The third-order valence-corrected chi connectivity index (χ3v) is 7.08. The number of hydrogen-bond acceptors (Lipinski definition) is 7. The van der Waals surface area contributed by atoms with Crippen LogP contribution in [0.5, 0.6) is 0 Å². The maximum Gasteiger partial charge on any atom is 0.326 e. The van der Waals surface area contributed by atoms with Gasteiger partial charge in [-0.15, -0.1) is 0 Å². The van der Waals surface area contributed by atoms with E-state index < -0.39 is 18.0 Å². The summed E-state index contributed by atoms with van der Waals surface area (Å²) in [6, 6.07) is -1.09. The van der Waals surface area contributed by atoms with Crippen LogP contribution in [0.15, 0.2) is 0 Å². The summed E-state index contributed by atoms with van der Waals surface area (Å²) in [4.78, 5) is 56.9. The molecule has 0 unspecified atom stereocenters. The molecule has 43 heavy (non-hydrogen) atoms. The molecular weight excluding hydrogens is 556 g/mol. The Morgan fingerprint density at radius 3 is 1.51 bits per heavy atom. The molecule has 0 fully saturated rings. The second kappa shape index (κ2) is 29.5. The third-order valence-electron chi connectivity index (χ3n) is 7.08. The molecule has 250 valence electrons. The van der Waals surface area contributed by atoms with Gasteiger partial charge in [0.15, 0.2) is 5.78 Å². The van der Waals surface area contributed by atoms with Crippen LogP contribution in [0.2, 0.25) is 0 Å². The first-order valence-electron chi connectivity index (χ1n) is 16.4. The molecule has 2 amide bonds. The summed E-state index contributed by atoms with van der Waals surface area (Å²) in [5, 5.41) is 23.2. The number of ether oxygens (including phenoxy) is 2. The Morgan fingerprint density at radius 1 is 0.581 bits per heavy atom. The predicted molar refractivity (Wildman–Crippen MR) is 165 cm³/mol. The molecular formula is C32H58N2O9. The maximum atomic E-state index is 12.2. The SMILES string of the molecule is CC(=O)COCCOCCNC(=O)CC[C@H](NC(=O)CCCCCCCCCCCCCCCCCCC(=O)O)C(=O)O. The summed E-state index contributed by atoms with van der Waals surface area (Å²) in [5.41, 5.74) is 0. The van der Waals surface area contributed by atoms with Crippen LogP contribution in [0.3, 0.4) is 0 Å². The quantitative estimate of drug-likeness (QED) is 0.0746. The number of rotatable bonds is 32. The predicted octanol–water partition coefficient (Wildman–Crippen LogP) is 5.18. The molecule has 11 nitrogen and oxygen atoms in total. The highest BCUT2D eigenvalue weighted by atomic mass is 16.5. The lowest BCUT2D eigenvalue weighted by Crippen LogP contribution is -2.41. The van der Waals surface area contributed by atoms with Crippen LogP contribution in [0, 0.1) is 0 Å². The van der Waals surface area contributed by atoms with Crippen LogP contribution in [0.25, 0.3) is 0 Å². The Bertz CT molecular complexity index is 761. The van der Waals surface area contributed by atoms with Crippen LogP contribution in [-0.4, -0.2) is 78.8 Å². The smallest absolute Gasteiger partial charge is 0.326 e. The summed E-state index contributed by atoms with van der Waals surface area (Å²) in [6.07, 6.45) is 18.7. The molecule has 0 heterocycles. The van der Waals surface area contributed by atoms with Gasteiger partial charge in [-0.25, -0.2) is 4.79 Å². The zero-order valence-corrected chi connectivity index (χ0v) is 26.5. The Kier molecular flexibility index (Phi) is 27.8. The van der Waals surface area contributed by atoms with Crippen molar-refractivity contribution in [1.29, 1.82) is 0 Å². The first-order chi connectivity index (χ1) is 20.7. The van der Waals surface area contributed by atoms with Crippen molar-refractivity contribution < 1.29 is 43.7 Å². The van der Waals surface area contributed by atoms with Crippen molar-refractivity contribution in [2.24, 2.45) is 0 Å². The minimum absolute atomic E-state index is 0.0167. The minimum atomic E-state index is -1.15. The lowest BCUT2D eigenvalue weighted by atomic mass is 10.0. The van der Waals surface area contributed by atoms with E-state index in [4.69, 9.17) is 14.6 Å². The molecule has 0 bridgehead atoms. The molecule has 0 rings (SSSR count). The highest BCUT2D eigenvalue weighted by molar-refractivity contribution is 5.84. The molecule has 0 saturated heterocycles. The van der Waals surface area contributed by atoms with Crippen LogP contribution in [0.4, 0.5) is 0 Å². The lowest BCUT2D eigenvalue weighted by Gasteiger charge is -2.14. The number of carbonyl (C=O) groups is 5. The standard InChI is InChI=1S/C32H58N2O9/c1-27(35)26-43-25-24-42-23-22-33-29(36)21-20-28(32(40)41)34-30(37)18-16-14-12-10-8-6-4-2-3-5-7-9-11-13-15-17-19-31(38)39/h28H,2-26H2,1H3,(H,33,36)(H,34,37)(H,38,39)(H,40,41)/t28-/m0/s1. The summed E-state index contributed by atoms with van der Waals surface area (Å²) in [5.74, 6) is -2.52. The van der Waals surface area contributed by atoms with Crippen molar-refractivity contribution in [2.75, 3.05) is 33.0 Å². The zero-order chi connectivity index (χ0) is 32.0. The van der Waals surface area contributed by atoms with E-state index in [1.807, 2.05) is 0 Å². The molecule has 11 heteroatoms. The lowest BCUT2D eigenvalue weighted by molar-refractivity contribution is -0.142. The number of Topliss-reactive ketones (excluding diaryl/α,β-unsaturated/α-hetero) is 1. The Hall–Kier alpha value is -2.53. The van der Waals surface area contributed by atoms with Crippen molar-refractivity contribution in [3.8, 4) is 0 Å². The van der Waals surface area contributed by atoms with Crippen molar-refractivity contribution in [3.63, 3.8) is 0 Å². The largest absolute Gasteiger partial charge is 0.481 e. The molecule has 0 aromatic heterocycles. The highest BCUT2D eigenvalue weighted by Gasteiger charge is 2.20. The molecule has 0 aromatic rings. The van der Waals surface area contributed by atoms with Crippen LogP contribution in [0.1, 0.15) is 135 Å². The van der Waals surface area contributed by atoms with Gasteiger partial charge >= 0.3 is 11.9 Å². The number of carboxylic acids is 2. The summed E-state index contributed by atoms with van der Waals surface area (Å²) < 4.78 is 10.3. The van der Waals surface area contributed by atoms with E-state index in [0.29, 0.717) is 13.0 Å². The van der Waals surface area contributed by atoms with Gasteiger partial charge < -0.3 is 30.3 Å². The third kappa shape index (κ3) is 30.7. The molecule has 4 N–H and O–H groups in total. The van der Waals surface area contributed by atoms with E-state index in [1.54, 1.807) is 0 Å². The topological polar surface area (TPSA) is 168 Å². The summed E-state index contributed by atoms with van der Waals surface area (Å²) in [7, 11) is 0. The van der Waals surface area contributed by atoms with Gasteiger partial charge in [0.1, 0.15) is 12.6 Å². The van der Waals surface area contributed by atoms with E-state index in [0.717, 1.165) is 44.9 Å². The monoisotopic (exact) mass is 614 g/mol. The fraction of sp³-hybridized carbons (Fsp3) is 0.844. The summed E-state index contributed by atoms with van der Waals surface area (Å²) >= 11 is 0. The van der Waals surface area contributed by atoms with Gasteiger partial charge in [0.25, 0.3) is 0 Å². The molecule has 0 aliphatic heterocycles. The fourth-order valence-corrected chi connectivity index (χ4v) is 4.62. The van der Waals surface area contributed by atoms with Crippen molar-refractivity contribution in [2.45, 2.75) is 141 Å². The van der Waals surface area contributed by atoms with Crippen molar-refractivity contribution in [1.82, 2.24) is 10.6 Å². The van der Waals surface area contributed by atoms with Crippen molar-refractivity contribution in [3.05, 3.63) is 0 Å². The van der Waals surface area contributed by atoms with E-state index in [-0.39, 0.29) is 63.2 Å². The highest BCUT2D eigenvalue weighted by Crippen LogP contribution is 2.14. The average molecular weight is 615 g/mol. The molecule has 0 aliphatic carbocycles. The number of carbonyl (C=O) groups excluding carboxylic acids is 3. The van der Waals surface area contributed by atoms with Gasteiger partial charge in [-0.2, -0.15) is 0 Å². The average Bonchev–Trinajstić information content (AvgIpc) is 2.95. The molecule has 1 atom stereocenters. The van der Waals surface area contributed by atoms with E-state index in [2.05, 4.69) is 10.6 Å². The molecule has 0 radical (unpaired) electrons. The number of amides is 2. The first kappa shape index (κ1) is 40.5. The van der Waals surface area contributed by atoms with Crippen LogP contribution < -0.4 is 10.6 Å². The molecule has 0 aromatic carbocycles. The zero-order valence-electron chi connectivity index (χ0n) is 26.5. The van der Waals surface area contributed by atoms with E-state index >= 15 is 0 Å². The molecule has 0 aliphatic rings. The van der Waals surface area contributed by atoms with Crippen LogP contribution in [-0.2, 0) is 33.4 Å². The second-order valence-electron chi connectivity index (χ2n) is 11.3.